The molecule has 1 fully saturated rings. The molecule has 8 heteroatoms. The van der Waals surface area contributed by atoms with E-state index in [1.54, 1.807) is 6.20 Å². The van der Waals surface area contributed by atoms with Crippen LogP contribution < -0.4 is 15.1 Å². The molecule has 2 aromatic heterocycles. The third kappa shape index (κ3) is 2.86. The summed E-state index contributed by atoms with van der Waals surface area (Å²) in [5.74, 6) is 0.964. The molecule has 6 nitrogen and oxygen atoms in total. The number of aromatic nitrogens is 2. The van der Waals surface area contributed by atoms with Crippen LogP contribution in [0.15, 0.2) is 18.3 Å². The number of fused-ring (bicyclic) bond motifs is 1. The molecule has 0 bridgehead atoms. The molecule has 120 valence electrons. The predicted molar refractivity (Wildman–Crippen MR) is 91.8 cm³/mol. The Labute approximate surface area is 143 Å². The summed E-state index contributed by atoms with van der Waals surface area (Å²) in [6, 6.07) is 3.81. The lowest BCUT2D eigenvalue weighted by molar-refractivity contribution is 0.0950. The lowest BCUT2D eigenvalue weighted by Crippen LogP contribution is -2.46. The molecule has 0 aromatic carbocycles. The minimum Gasteiger partial charge on any atom is -0.353 e. The highest BCUT2D eigenvalue weighted by Gasteiger charge is 2.26. The van der Waals surface area contributed by atoms with Gasteiger partial charge in [0.25, 0.3) is 5.91 Å². The largest absolute Gasteiger partial charge is 0.353 e. The number of thiazole rings is 1. The van der Waals surface area contributed by atoms with Crippen LogP contribution in [0.4, 0.5) is 10.9 Å². The monoisotopic (exact) mass is 349 g/mol. The van der Waals surface area contributed by atoms with E-state index >= 15 is 0 Å². The summed E-state index contributed by atoms with van der Waals surface area (Å²) in [4.78, 5) is 26.2. The number of pyridine rings is 1. The number of amides is 1. The number of carbonyl (C=O) groups excluding carboxylic acids is 1. The van der Waals surface area contributed by atoms with E-state index in [2.05, 4.69) is 25.1 Å². The van der Waals surface area contributed by atoms with Crippen LogP contribution in [0.2, 0.25) is 5.02 Å². The van der Waals surface area contributed by atoms with Gasteiger partial charge in [-0.05, 0) is 12.1 Å². The zero-order valence-corrected chi connectivity index (χ0v) is 14.0. The number of nitrogens with zero attached hydrogens (tertiary/aromatic N) is 4. The fourth-order valence-corrected chi connectivity index (χ4v) is 4.07. The van der Waals surface area contributed by atoms with Gasteiger partial charge in [-0.2, -0.15) is 0 Å². The zero-order chi connectivity index (χ0) is 15.8. The molecule has 1 saturated heterocycles. The van der Waals surface area contributed by atoms with Gasteiger partial charge in [0.05, 0.1) is 10.7 Å². The molecular weight excluding hydrogens is 334 g/mol. The van der Waals surface area contributed by atoms with Crippen molar-refractivity contribution in [1.29, 1.82) is 0 Å². The van der Waals surface area contributed by atoms with Crippen LogP contribution >= 0.6 is 22.9 Å². The molecule has 2 aliphatic rings. The third-order valence-electron chi connectivity index (χ3n) is 4.13. The smallest absolute Gasteiger partial charge is 0.263 e. The Balaban J connectivity index is 1.45. The summed E-state index contributed by atoms with van der Waals surface area (Å²) in [6.45, 7) is 4.19. The minimum atomic E-state index is 0.0130. The maximum atomic E-state index is 11.9. The molecule has 0 saturated carbocycles. The molecular formula is C15H16ClN5OS. The minimum absolute atomic E-state index is 0.0130. The van der Waals surface area contributed by atoms with Crippen molar-refractivity contribution < 1.29 is 4.79 Å². The summed E-state index contributed by atoms with van der Waals surface area (Å²) < 4.78 is 0. The van der Waals surface area contributed by atoms with Crippen molar-refractivity contribution in [2.45, 2.75) is 6.42 Å². The quantitative estimate of drug-likeness (QED) is 0.896. The Morgan fingerprint density at radius 2 is 1.96 bits per heavy atom. The average molecular weight is 350 g/mol. The number of anilines is 2. The molecule has 2 aromatic rings. The van der Waals surface area contributed by atoms with E-state index in [4.69, 9.17) is 11.6 Å². The van der Waals surface area contributed by atoms with Crippen LogP contribution in [-0.4, -0.2) is 48.6 Å². The molecule has 1 amide bonds. The van der Waals surface area contributed by atoms with E-state index in [-0.39, 0.29) is 5.91 Å². The topological polar surface area (TPSA) is 61.4 Å². The van der Waals surface area contributed by atoms with Crippen molar-refractivity contribution in [3.8, 4) is 0 Å². The summed E-state index contributed by atoms with van der Waals surface area (Å²) in [7, 11) is 0. The number of piperazine rings is 1. The van der Waals surface area contributed by atoms with Crippen LogP contribution in [0.25, 0.3) is 0 Å². The highest BCUT2D eigenvalue weighted by molar-refractivity contribution is 7.17. The van der Waals surface area contributed by atoms with E-state index in [0.717, 1.165) is 54.1 Å². The summed E-state index contributed by atoms with van der Waals surface area (Å²) >= 11 is 7.39. The molecule has 4 heterocycles. The maximum absolute atomic E-state index is 11.9. The van der Waals surface area contributed by atoms with Gasteiger partial charge in [0.15, 0.2) is 5.13 Å². The second kappa shape index (κ2) is 5.98. The Morgan fingerprint density at radius 1 is 1.17 bits per heavy atom. The lowest BCUT2D eigenvalue weighted by atomic mass is 10.2. The zero-order valence-electron chi connectivity index (χ0n) is 12.5. The Hall–Kier alpha value is -1.86. The first kappa shape index (κ1) is 14.7. The van der Waals surface area contributed by atoms with Crippen LogP contribution in [0.3, 0.4) is 0 Å². The van der Waals surface area contributed by atoms with Gasteiger partial charge in [0.2, 0.25) is 0 Å². The Bertz CT molecular complexity index is 724. The van der Waals surface area contributed by atoms with E-state index in [1.165, 1.54) is 11.3 Å². The molecule has 1 N–H and O–H groups in total. The highest BCUT2D eigenvalue weighted by Crippen LogP contribution is 2.29. The molecule has 0 aliphatic carbocycles. The van der Waals surface area contributed by atoms with Gasteiger partial charge in [-0.3, -0.25) is 4.79 Å². The molecule has 0 radical (unpaired) electrons. The van der Waals surface area contributed by atoms with E-state index in [1.807, 2.05) is 12.1 Å². The normalized spacial score (nSPS) is 17.9. The van der Waals surface area contributed by atoms with E-state index in [0.29, 0.717) is 11.6 Å². The summed E-state index contributed by atoms with van der Waals surface area (Å²) in [6.07, 6.45) is 2.50. The highest BCUT2D eigenvalue weighted by atomic mass is 35.5. The van der Waals surface area contributed by atoms with Crippen molar-refractivity contribution in [1.82, 2.24) is 15.3 Å². The maximum Gasteiger partial charge on any atom is 0.263 e. The Morgan fingerprint density at radius 3 is 2.65 bits per heavy atom. The molecule has 2 aliphatic heterocycles. The molecule has 0 unspecified atom stereocenters. The fraction of sp³-hybridized carbons (Fsp3) is 0.400. The predicted octanol–water partition coefficient (Wildman–Crippen LogP) is 1.80. The second-order valence-electron chi connectivity index (χ2n) is 5.59. The van der Waals surface area contributed by atoms with Crippen molar-refractivity contribution in [3.63, 3.8) is 0 Å². The van der Waals surface area contributed by atoms with Gasteiger partial charge in [-0.1, -0.05) is 22.9 Å². The SMILES string of the molecule is O=C1NCCc2nc(N3CCN(c4ccc(Cl)cn4)CC3)sc21. The number of carbonyl (C=O) groups is 1. The standard InChI is InChI=1S/C15H16ClN5OS/c16-10-1-2-12(18-9-10)20-5-7-21(8-6-20)15-19-11-3-4-17-14(22)13(11)23-15/h1-2,9H,3-8H2,(H,17,22). The summed E-state index contributed by atoms with van der Waals surface area (Å²) in [5, 5.41) is 4.48. The van der Waals surface area contributed by atoms with Crippen molar-refractivity contribution in [3.05, 3.63) is 33.9 Å². The number of halogens is 1. The molecule has 23 heavy (non-hydrogen) atoms. The van der Waals surface area contributed by atoms with Crippen LogP contribution in [0.5, 0.6) is 0 Å². The van der Waals surface area contributed by atoms with Crippen molar-refractivity contribution in [2.24, 2.45) is 0 Å². The second-order valence-corrected chi connectivity index (χ2v) is 7.00. The number of hydrogen-bond donors (Lipinski definition) is 1. The fourth-order valence-electron chi connectivity index (χ4n) is 2.88. The molecule has 0 atom stereocenters. The first-order chi connectivity index (χ1) is 11.2. The van der Waals surface area contributed by atoms with Gasteiger partial charge in [0, 0.05) is 45.3 Å². The van der Waals surface area contributed by atoms with Crippen LogP contribution in [0, 0.1) is 0 Å². The average Bonchev–Trinajstić information content (AvgIpc) is 3.01. The van der Waals surface area contributed by atoms with Gasteiger partial charge in [0.1, 0.15) is 10.7 Å². The van der Waals surface area contributed by atoms with E-state index < -0.39 is 0 Å². The third-order valence-corrected chi connectivity index (χ3v) is 5.51. The first-order valence-electron chi connectivity index (χ1n) is 7.60. The number of rotatable bonds is 2. The van der Waals surface area contributed by atoms with Crippen LogP contribution in [0.1, 0.15) is 15.4 Å². The Kier molecular flexibility index (Phi) is 3.82. The van der Waals surface area contributed by atoms with Gasteiger partial charge in [-0.25, -0.2) is 9.97 Å². The molecule has 0 spiro atoms. The summed E-state index contributed by atoms with van der Waals surface area (Å²) in [5.41, 5.74) is 0.940. The van der Waals surface area contributed by atoms with Crippen molar-refractivity contribution in [2.75, 3.05) is 42.5 Å². The lowest BCUT2D eigenvalue weighted by Gasteiger charge is -2.35. The van der Waals surface area contributed by atoms with E-state index in [9.17, 15) is 4.79 Å². The number of hydrogen-bond acceptors (Lipinski definition) is 6. The molecule has 4 rings (SSSR count). The van der Waals surface area contributed by atoms with Crippen molar-refractivity contribution >= 4 is 39.8 Å². The first-order valence-corrected chi connectivity index (χ1v) is 8.79. The van der Waals surface area contributed by atoms with Gasteiger partial charge in [-0.15, -0.1) is 0 Å². The van der Waals surface area contributed by atoms with Crippen LogP contribution in [-0.2, 0) is 6.42 Å². The number of nitrogens with one attached hydrogen (secondary N) is 1. The van der Waals surface area contributed by atoms with Gasteiger partial charge >= 0.3 is 0 Å². The van der Waals surface area contributed by atoms with Gasteiger partial charge < -0.3 is 15.1 Å².